The Bertz CT molecular complexity index is 1120. The molecule has 2 aromatic rings. The standard InChI is InChI=1S/C22H21ClFN5/c1-29-10-14-9-21(14,11-29)6-5-13-7-19-16(8-18(13)25)22(26,28-12-27-19)15-3-2-4-17(23)20(15)24/h2-4,7-8,12,14H,9-11,25-26H2,1H3,(H,27,28)/t14-,21+,22?/m1/s1. The van der Waals surface area contributed by atoms with Gasteiger partial charge in [0.25, 0.3) is 0 Å². The molecule has 0 amide bonds. The highest BCUT2D eigenvalue weighted by Gasteiger charge is 2.58. The summed E-state index contributed by atoms with van der Waals surface area (Å²) in [5.41, 5.74) is 14.2. The Kier molecular flexibility index (Phi) is 3.94. The molecule has 0 aromatic heterocycles. The molecule has 2 aliphatic heterocycles. The number of likely N-dealkylation sites (tertiary alicyclic amines) is 1. The van der Waals surface area contributed by atoms with Crippen LogP contribution in [0.5, 0.6) is 0 Å². The lowest BCUT2D eigenvalue weighted by molar-refractivity contribution is 0.360. The number of rotatable bonds is 1. The van der Waals surface area contributed by atoms with Crippen LogP contribution < -0.4 is 16.8 Å². The quantitative estimate of drug-likeness (QED) is 0.499. The largest absolute Gasteiger partial charge is 0.398 e. The van der Waals surface area contributed by atoms with Crippen LogP contribution in [-0.2, 0) is 5.66 Å². The van der Waals surface area contributed by atoms with E-state index in [1.54, 1.807) is 18.2 Å². The average Bonchev–Trinajstić information content (AvgIpc) is 3.24. The number of anilines is 2. The van der Waals surface area contributed by atoms with Gasteiger partial charge in [-0.1, -0.05) is 35.6 Å². The zero-order chi connectivity index (χ0) is 20.4. The first kappa shape index (κ1) is 18.4. The summed E-state index contributed by atoms with van der Waals surface area (Å²) in [5.74, 6) is 6.80. The Morgan fingerprint density at radius 2 is 2.17 bits per heavy atom. The maximum Gasteiger partial charge on any atom is 0.166 e. The van der Waals surface area contributed by atoms with Gasteiger partial charge >= 0.3 is 0 Å². The van der Waals surface area contributed by atoms with E-state index in [1.165, 1.54) is 12.4 Å². The highest BCUT2D eigenvalue weighted by atomic mass is 35.5. The Hall–Kier alpha value is -2.59. The van der Waals surface area contributed by atoms with Gasteiger partial charge in [0.1, 0.15) is 5.82 Å². The second-order valence-corrected chi connectivity index (χ2v) is 8.67. The number of piperidine rings is 1. The number of nitrogens with two attached hydrogens (primary N) is 2. The smallest absolute Gasteiger partial charge is 0.166 e. The predicted molar refractivity (Wildman–Crippen MR) is 114 cm³/mol. The molecule has 3 atom stereocenters. The third kappa shape index (κ3) is 2.81. The number of benzene rings is 2. The monoisotopic (exact) mass is 409 g/mol. The molecule has 0 radical (unpaired) electrons. The summed E-state index contributed by atoms with van der Waals surface area (Å²) in [7, 11) is 2.13. The van der Waals surface area contributed by atoms with Gasteiger partial charge in [-0.15, -0.1) is 0 Å². The Morgan fingerprint density at radius 1 is 1.34 bits per heavy atom. The second-order valence-electron chi connectivity index (χ2n) is 8.26. The van der Waals surface area contributed by atoms with Gasteiger partial charge in [-0.2, -0.15) is 0 Å². The molecular weight excluding hydrogens is 389 g/mol. The van der Waals surface area contributed by atoms with E-state index in [4.69, 9.17) is 23.1 Å². The van der Waals surface area contributed by atoms with Gasteiger partial charge in [-0.3, -0.25) is 5.73 Å². The molecule has 0 bridgehead atoms. The molecule has 3 aliphatic rings. The van der Waals surface area contributed by atoms with Crippen LogP contribution in [0.2, 0.25) is 5.02 Å². The van der Waals surface area contributed by atoms with E-state index in [0.717, 1.165) is 25.1 Å². The fraction of sp³-hybridized carbons (Fsp3) is 0.318. The minimum Gasteiger partial charge on any atom is -0.398 e. The van der Waals surface area contributed by atoms with Crippen LogP contribution >= 0.6 is 11.6 Å². The predicted octanol–water partition coefficient (Wildman–Crippen LogP) is 2.98. The molecule has 2 aromatic carbocycles. The first-order valence-corrected chi connectivity index (χ1v) is 9.89. The molecule has 2 fully saturated rings. The summed E-state index contributed by atoms with van der Waals surface area (Å²) in [5, 5.41) is 3.08. The molecule has 5 rings (SSSR count). The zero-order valence-electron chi connectivity index (χ0n) is 16.0. The summed E-state index contributed by atoms with van der Waals surface area (Å²) < 4.78 is 14.7. The molecular formula is C22H21ClFN5. The molecule has 0 spiro atoms. The van der Waals surface area contributed by atoms with Gasteiger partial charge in [0.05, 0.1) is 11.4 Å². The maximum atomic E-state index is 14.7. The minimum atomic E-state index is -1.43. The fourth-order valence-electron chi connectivity index (χ4n) is 4.57. The summed E-state index contributed by atoms with van der Waals surface area (Å²) in [6, 6.07) is 8.30. The molecule has 7 heteroatoms. The molecule has 1 saturated heterocycles. The maximum absolute atomic E-state index is 14.7. The van der Waals surface area contributed by atoms with Crippen molar-refractivity contribution in [3.63, 3.8) is 0 Å². The van der Waals surface area contributed by atoms with Crippen molar-refractivity contribution >= 4 is 29.3 Å². The topological polar surface area (TPSA) is 79.7 Å². The van der Waals surface area contributed by atoms with E-state index in [0.29, 0.717) is 22.9 Å². The van der Waals surface area contributed by atoms with Crippen molar-refractivity contribution in [3.8, 4) is 11.8 Å². The Labute approximate surface area is 173 Å². The van der Waals surface area contributed by atoms with Crippen molar-refractivity contribution in [2.75, 3.05) is 31.2 Å². The van der Waals surface area contributed by atoms with Gasteiger partial charge in [0, 0.05) is 46.6 Å². The van der Waals surface area contributed by atoms with E-state index in [9.17, 15) is 4.39 Å². The van der Waals surface area contributed by atoms with Gasteiger partial charge < -0.3 is 16.0 Å². The first-order chi connectivity index (χ1) is 13.8. The number of nitrogens with zero attached hydrogens (tertiary/aromatic N) is 2. The number of nitrogens with one attached hydrogen (secondary N) is 1. The molecule has 1 unspecified atom stereocenters. The van der Waals surface area contributed by atoms with Gasteiger partial charge in [-0.05, 0) is 37.6 Å². The van der Waals surface area contributed by atoms with Crippen LogP contribution in [0.4, 0.5) is 15.8 Å². The second kappa shape index (κ2) is 6.20. The Balaban J connectivity index is 1.56. The average molecular weight is 410 g/mol. The van der Waals surface area contributed by atoms with Crippen LogP contribution in [0.1, 0.15) is 23.1 Å². The molecule has 5 N–H and O–H groups in total. The van der Waals surface area contributed by atoms with Crippen molar-refractivity contribution < 1.29 is 4.39 Å². The lowest BCUT2D eigenvalue weighted by Gasteiger charge is -2.32. The van der Waals surface area contributed by atoms with Gasteiger partial charge in [0.15, 0.2) is 5.66 Å². The molecule has 1 saturated carbocycles. The van der Waals surface area contributed by atoms with Crippen LogP contribution in [0.25, 0.3) is 0 Å². The number of hydrogen-bond acceptors (Lipinski definition) is 5. The lowest BCUT2D eigenvalue weighted by atomic mass is 9.88. The highest BCUT2D eigenvalue weighted by Crippen LogP contribution is 2.57. The van der Waals surface area contributed by atoms with Crippen LogP contribution in [0.3, 0.4) is 0 Å². The zero-order valence-corrected chi connectivity index (χ0v) is 16.7. The number of aliphatic imine (C=N–C) groups is 1. The van der Waals surface area contributed by atoms with Gasteiger partial charge in [0.2, 0.25) is 0 Å². The molecule has 29 heavy (non-hydrogen) atoms. The van der Waals surface area contributed by atoms with Crippen molar-refractivity contribution in [1.29, 1.82) is 0 Å². The van der Waals surface area contributed by atoms with E-state index < -0.39 is 11.5 Å². The third-order valence-corrected chi connectivity index (χ3v) is 6.50. The van der Waals surface area contributed by atoms with E-state index in [-0.39, 0.29) is 16.0 Å². The number of halogens is 2. The summed E-state index contributed by atoms with van der Waals surface area (Å²) in [6.45, 7) is 2.10. The minimum absolute atomic E-state index is 0.00200. The van der Waals surface area contributed by atoms with Gasteiger partial charge in [-0.25, -0.2) is 9.38 Å². The molecule has 5 nitrogen and oxygen atoms in total. The lowest BCUT2D eigenvalue weighted by Crippen LogP contribution is -2.40. The number of fused-ring (bicyclic) bond motifs is 2. The Morgan fingerprint density at radius 3 is 2.93 bits per heavy atom. The molecule has 2 heterocycles. The SMILES string of the molecule is CN1C[C@H]2C[C@@]2(C#Cc2cc3c(cc2N)C(N)(c2cccc(Cl)c2F)N=CN3)C1. The van der Waals surface area contributed by atoms with E-state index in [1.807, 2.05) is 6.07 Å². The third-order valence-electron chi connectivity index (χ3n) is 6.21. The molecule has 148 valence electrons. The van der Waals surface area contributed by atoms with Crippen molar-refractivity contribution in [3.05, 3.63) is 57.9 Å². The van der Waals surface area contributed by atoms with Crippen LogP contribution in [0.15, 0.2) is 35.3 Å². The summed E-state index contributed by atoms with van der Waals surface area (Å²) in [6.07, 6.45) is 2.62. The first-order valence-electron chi connectivity index (χ1n) is 9.52. The van der Waals surface area contributed by atoms with E-state index in [2.05, 4.69) is 34.1 Å². The van der Waals surface area contributed by atoms with E-state index >= 15 is 0 Å². The highest BCUT2D eigenvalue weighted by molar-refractivity contribution is 6.30. The number of hydrogen-bond donors (Lipinski definition) is 3. The van der Waals surface area contributed by atoms with Crippen molar-refractivity contribution in [1.82, 2.24) is 4.90 Å². The van der Waals surface area contributed by atoms with Crippen LogP contribution in [0, 0.1) is 29.0 Å². The van der Waals surface area contributed by atoms with Crippen molar-refractivity contribution in [2.45, 2.75) is 12.1 Å². The summed E-state index contributed by atoms with van der Waals surface area (Å²) in [4.78, 5) is 6.65. The number of nitrogen functional groups attached to an aromatic ring is 1. The van der Waals surface area contributed by atoms with Crippen LogP contribution in [-0.4, -0.2) is 31.4 Å². The summed E-state index contributed by atoms with van der Waals surface area (Å²) >= 11 is 5.96. The molecule has 1 aliphatic carbocycles. The van der Waals surface area contributed by atoms with Crippen molar-refractivity contribution in [2.24, 2.45) is 22.1 Å². The normalized spacial score (nSPS) is 29.4. The fourth-order valence-corrected chi connectivity index (χ4v) is 4.74.